The first-order valence-corrected chi connectivity index (χ1v) is 5.56. The summed E-state index contributed by atoms with van der Waals surface area (Å²) >= 11 is 0. The number of rotatable bonds is 5. The van der Waals surface area contributed by atoms with E-state index in [1.807, 2.05) is 30.3 Å². The molecule has 0 aromatic heterocycles. The summed E-state index contributed by atoms with van der Waals surface area (Å²) in [4.78, 5) is 13.8. The summed E-state index contributed by atoms with van der Waals surface area (Å²) < 4.78 is 5.72. The predicted molar refractivity (Wildman–Crippen MR) is 61.2 cm³/mol. The number of para-hydroxylation sites is 1. The van der Waals surface area contributed by atoms with E-state index in [1.54, 1.807) is 6.08 Å². The van der Waals surface area contributed by atoms with Crippen molar-refractivity contribution in [1.82, 2.24) is 0 Å². The first-order valence-electron chi connectivity index (χ1n) is 5.56. The third-order valence-electron chi connectivity index (χ3n) is 3.18. The van der Waals surface area contributed by atoms with Gasteiger partial charge in [-0.2, -0.15) is 0 Å². The summed E-state index contributed by atoms with van der Waals surface area (Å²) in [6, 6.07) is 9.74. The molecule has 1 saturated carbocycles. The summed E-state index contributed by atoms with van der Waals surface area (Å²) in [7, 11) is 0. The monoisotopic (exact) mass is 217 g/mol. The van der Waals surface area contributed by atoms with Crippen LogP contribution in [0, 0.1) is 5.41 Å². The average Bonchev–Trinajstić information content (AvgIpc) is 2.29. The first-order chi connectivity index (χ1) is 7.85. The maximum atomic E-state index is 10.1. The van der Waals surface area contributed by atoms with E-state index in [1.165, 1.54) is 6.42 Å². The molecule has 0 aliphatic heterocycles. The number of hydrogen-bond acceptors (Lipinski definition) is 3. The quantitative estimate of drug-likeness (QED) is 0.561. The second kappa shape index (κ2) is 4.95. The molecule has 1 aliphatic carbocycles. The molecule has 16 heavy (non-hydrogen) atoms. The Morgan fingerprint density at radius 1 is 1.31 bits per heavy atom. The SMILES string of the molecule is O=C=NCC1(COc2ccccc2)CCC1. The Bertz CT molecular complexity index is 378. The number of isocyanates is 1. The fourth-order valence-corrected chi connectivity index (χ4v) is 1.98. The van der Waals surface area contributed by atoms with Crippen molar-refractivity contribution in [2.45, 2.75) is 19.3 Å². The van der Waals surface area contributed by atoms with E-state index in [-0.39, 0.29) is 5.41 Å². The molecule has 0 bridgehead atoms. The van der Waals surface area contributed by atoms with Gasteiger partial charge in [-0.25, -0.2) is 9.79 Å². The third-order valence-corrected chi connectivity index (χ3v) is 3.18. The van der Waals surface area contributed by atoms with Crippen LogP contribution in [0.3, 0.4) is 0 Å². The molecule has 0 N–H and O–H groups in total. The zero-order valence-electron chi connectivity index (χ0n) is 9.19. The van der Waals surface area contributed by atoms with Gasteiger partial charge < -0.3 is 4.74 Å². The highest BCUT2D eigenvalue weighted by atomic mass is 16.5. The second-order valence-electron chi connectivity index (χ2n) is 4.36. The van der Waals surface area contributed by atoms with Gasteiger partial charge in [-0.15, -0.1) is 0 Å². The molecule has 0 heterocycles. The molecule has 0 spiro atoms. The van der Waals surface area contributed by atoms with Crippen LogP contribution in [0.1, 0.15) is 19.3 Å². The van der Waals surface area contributed by atoms with E-state index < -0.39 is 0 Å². The Balaban J connectivity index is 1.90. The molecule has 1 aliphatic rings. The van der Waals surface area contributed by atoms with Crippen molar-refractivity contribution in [2.75, 3.05) is 13.2 Å². The molecule has 0 saturated heterocycles. The van der Waals surface area contributed by atoms with Crippen molar-refractivity contribution in [2.24, 2.45) is 10.4 Å². The molecule has 84 valence electrons. The number of hydrogen-bond donors (Lipinski definition) is 0. The molecule has 3 heteroatoms. The minimum absolute atomic E-state index is 0.0766. The van der Waals surface area contributed by atoms with Gasteiger partial charge in [-0.05, 0) is 25.0 Å². The Labute approximate surface area is 95.2 Å². The lowest BCUT2D eigenvalue weighted by Crippen LogP contribution is -2.38. The molecule has 0 radical (unpaired) electrons. The molecular weight excluding hydrogens is 202 g/mol. The number of aliphatic imine (C=N–C) groups is 1. The highest BCUT2D eigenvalue weighted by Gasteiger charge is 2.37. The molecule has 2 rings (SSSR count). The molecule has 0 atom stereocenters. The van der Waals surface area contributed by atoms with Gasteiger partial charge in [-0.1, -0.05) is 24.6 Å². The summed E-state index contributed by atoms with van der Waals surface area (Å²) in [6.45, 7) is 1.19. The Kier molecular flexibility index (Phi) is 3.37. The van der Waals surface area contributed by atoms with E-state index in [2.05, 4.69) is 4.99 Å². The van der Waals surface area contributed by atoms with Crippen LogP contribution in [0.15, 0.2) is 35.3 Å². The normalized spacial score (nSPS) is 17.0. The van der Waals surface area contributed by atoms with Gasteiger partial charge in [0, 0.05) is 5.41 Å². The molecule has 1 fully saturated rings. The molecule has 0 unspecified atom stereocenters. The Morgan fingerprint density at radius 2 is 2.06 bits per heavy atom. The Morgan fingerprint density at radius 3 is 2.62 bits per heavy atom. The van der Waals surface area contributed by atoms with E-state index in [9.17, 15) is 4.79 Å². The topological polar surface area (TPSA) is 38.7 Å². The number of carbonyl (C=O) groups excluding carboxylic acids is 1. The standard InChI is InChI=1S/C13H15NO2/c15-11-14-9-13(7-4-8-13)10-16-12-5-2-1-3-6-12/h1-3,5-6H,4,7-10H2. The van der Waals surface area contributed by atoms with Crippen molar-refractivity contribution in [1.29, 1.82) is 0 Å². The highest BCUT2D eigenvalue weighted by molar-refractivity contribution is 5.33. The van der Waals surface area contributed by atoms with Crippen LogP contribution in [-0.2, 0) is 4.79 Å². The zero-order chi connectivity index (χ0) is 11.3. The predicted octanol–water partition coefficient (Wildman–Crippen LogP) is 2.57. The van der Waals surface area contributed by atoms with Crippen molar-refractivity contribution in [3.8, 4) is 5.75 Å². The van der Waals surface area contributed by atoms with Gasteiger partial charge in [0.15, 0.2) is 0 Å². The molecule has 3 nitrogen and oxygen atoms in total. The van der Waals surface area contributed by atoms with Crippen LogP contribution >= 0.6 is 0 Å². The fourth-order valence-electron chi connectivity index (χ4n) is 1.98. The summed E-state index contributed by atoms with van der Waals surface area (Å²) in [6.07, 6.45) is 4.99. The van der Waals surface area contributed by atoms with Crippen molar-refractivity contribution < 1.29 is 9.53 Å². The summed E-state index contributed by atoms with van der Waals surface area (Å²) in [5.41, 5.74) is 0.0766. The number of ether oxygens (including phenoxy) is 1. The van der Waals surface area contributed by atoms with Crippen molar-refractivity contribution >= 4 is 6.08 Å². The van der Waals surface area contributed by atoms with Gasteiger partial charge in [0.1, 0.15) is 5.75 Å². The van der Waals surface area contributed by atoms with Gasteiger partial charge in [0.05, 0.1) is 13.2 Å². The van der Waals surface area contributed by atoms with Gasteiger partial charge >= 0.3 is 0 Å². The minimum Gasteiger partial charge on any atom is -0.493 e. The Hall–Kier alpha value is -1.60. The minimum atomic E-state index is 0.0766. The van der Waals surface area contributed by atoms with Gasteiger partial charge in [0.2, 0.25) is 6.08 Å². The summed E-state index contributed by atoms with van der Waals surface area (Å²) in [5.74, 6) is 0.879. The van der Waals surface area contributed by atoms with E-state index in [0.717, 1.165) is 18.6 Å². The molecular formula is C13H15NO2. The smallest absolute Gasteiger partial charge is 0.234 e. The average molecular weight is 217 g/mol. The second-order valence-corrected chi connectivity index (χ2v) is 4.36. The third kappa shape index (κ3) is 2.50. The van der Waals surface area contributed by atoms with Crippen molar-refractivity contribution in [3.63, 3.8) is 0 Å². The number of benzene rings is 1. The molecule has 0 amide bonds. The van der Waals surface area contributed by atoms with Gasteiger partial charge in [0.25, 0.3) is 0 Å². The van der Waals surface area contributed by atoms with Crippen molar-refractivity contribution in [3.05, 3.63) is 30.3 Å². The van der Waals surface area contributed by atoms with Crippen LogP contribution in [-0.4, -0.2) is 19.2 Å². The maximum Gasteiger partial charge on any atom is 0.234 e. The highest BCUT2D eigenvalue weighted by Crippen LogP contribution is 2.41. The summed E-state index contributed by atoms with van der Waals surface area (Å²) in [5, 5.41) is 0. The van der Waals surface area contributed by atoms with Gasteiger partial charge in [-0.3, -0.25) is 0 Å². The van der Waals surface area contributed by atoms with E-state index in [4.69, 9.17) is 4.74 Å². The molecule has 1 aromatic carbocycles. The van der Waals surface area contributed by atoms with E-state index in [0.29, 0.717) is 13.2 Å². The van der Waals surface area contributed by atoms with Crippen LogP contribution in [0.2, 0.25) is 0 Å². The lowest BCUT2D eigenvalue weighted by Gasteiger charge is -2.39. The van der Waals surface area contributed by atoms with E-state index >= 15 is 0 Å². The van der Waals surface area contributed by atoms with Crippen LogP contribution < -0.4 is 4.74 Å². The van der Waals surface area contributed by atoms with Crippen LogP contribution in [0.4, 0.5) is 0 Å². The zero-order valence-corrected chi connectivity index (χ0v) is 9.19. The maximum absolute atomic E-state index is 10.1. The van der Waals surface area contributed by atoms with Crippen LogP contribution in [0.25, 0.3) is 0 Å². The molecule has 1 aromatic rings. The lowest BCUT2D eigenvalue weighted by atomic mass is 9.69. The first kappa shape index (κ1) is 10.9. The lowest BCUT2D eigenvalue weighted by molar-refractivity contribution is 0.0673. The number of nitrogens with zero attached hydrogens (tertiary/aromatic N) is 1. The van der Waals surface area contributed by atoms with Crippen LogP contribution in [0.5, 0.6) is 5.75 Å². The fraction of sp³-hybridized carbons (Fsp3) is 0.462. The largest absolute Gasteiger partial charge is 0.493 e.